The molecule has 0 aliphatic carbocycles. The number of anilines is 1. The molecule has 1 heterocycles. The zero-order valence-electron chi connectivity index (χ0n) is 15.2. The fourth-order valence-electron chi connectivity index (χ4n) is 2.83. The van der Waals surface area contributed by atoms with Gasteiger partial charge < -0.3 is 19.7 Å². The van der Waals surface area contributed by atoms with Gasteiger partial charge in [0.15, 0.2) is 11.5 Å². The second kappa shape index (κ2) is 9.02. The van der Waals surface area contributed by atoms with Crippen LogP contribution < -0.4 is 10.1 Å². The van der Waals surface area contributed by atoms with Crippen molar-refractivity contribution in [3.8, 4) is 5.75 Å². The molecule has 0 saturated carbocycles. The van der Waals surface area contributed by atoms with Gasteiger partial charge in [-0.15, -0.1) is 0 Å². The lowest BCUT2D eigenvalue weighted by atomic mass is 10.0. The number of halogens is 1. The Bertz CT molecular complexity index is 720. The fraction of sp³-hybridized carbons (Fsp3) is 0.500. The highest BCUT2D eigenvalue weighted by Crippen LogP contribution is 2.40. The largest absolute Gasteiger partial charge is 0.482 e. The summed E-state index contributed by atoms with van der Waals surface area (Å²) in [7, 11) is 0. The standard InChI is InChI=1S/C18H23BrN2O5/c1-4-25-18(24)21-7-5-13-9-15(20-12(3)23)17(26-10-11(2)22)16(19)14(13)6-8-21/h9H,4-8,10H2,1-3H3,(H,20,23). The molecular weight excluding hydrogens is 404 g/mol. The highest BCUT2D eigenvalue weighted by molar-refractivity contribution is 9.10. The van der Waals surface area contributed by atoms with E-state index in [2.05, 4.69) is 21.2 Å². The summed E-state index contributed by atoms with van der Waals surface area (Å²) in [5.41, 5.74) is 2.53. The van der Waals surface area contributed by atoms with Gasteiger partial charge in [-0.2, -0.15) is 0 Å². The molecule has 0 radical (unpaired) electrons. The summed E-state index contributed by atoms with van der Waals surface area (Å²) < 4.78 is 11.4. The first kappa shape index (κ1) is 20.2. The van der Waals surface area contributed by atoms with Gasteiger partial charge in [-0.1, -0.05) is 0 Å². The van der Waals surface area contributed by atoms with E-state index in [1.807, 2.05) is 6.07 Å². The highest BCUT2D eigenvalue weighted by atomic mass is 79.9. The number of amides is 2. The molecule has 1 aliphatic heterocycles. The third kappa shape index (κ3) is 4.97. The van der Waals surface area contributed by atoms with Crippen molar-refractivity contribution in [3.63, 3.8) is 0 Å². The van der Waals surface area contributed by atoms with Gasteiger partial charge in [0.1, 0.15) is 6.61 Å². The Kier molecular flexibility index (Phi) is 7.02. The highest BCUT2D eigenvalue weighted by Gasteiger charge is 2.24. The number of carbonyl (C=O) groups is 3. The third-order valence-corrected chi connectivity index (χ3v) is 4.79. The molecule has 0 fully saturated rings. The van der Waals surface area contributed by atoms with Crippen molar-refractivity contribution in [1.82, 2.24) is 4.90 Å². The topological polar surface area (TPSA) is 84.9 Å². The van der Waals surface area contributed by atoms with Crippen molar-refractivity contribution in [1.29, 1.82) is 0 Å². The molecular formula is C18H23BrN2O5. The number of nitrogens with zero attached hydrogens (tertiary/aromatic N) is 1. The first-order valence-corrected chi connectivity index (χ1v) is 9.28. The molecule has 0 atom stereocenters. The third-order valence-electron chi connectivity index (χ3n) is 3.95. The average Bonchev–Trinajstić information content (AvgIpc) is 2.77. The van der Waals surface area contributed by atoms with Crippen LogP contribution in [0.1, 0.15) is 31.9 Å². The van der Waals surface area contributed by atoms with Crippen molar-refractivity contribution >= 4 is 39.4 Å². The Morgan fingerprint density at radius 2 is 1.92 bits per heavy atom. The number of nitrogens with one attached hydrogen (secondary N) is 1. The predicted molar refractivity (Wildman–Crippen MR) is 101 cm³/mol. The number of Topliss-reactive ketones (excluding diaryl/α,β-unsaturated/α-hetero) is 1. The second-order valence-electron chi connectivity index (χ2n) is 6.06. The Labute approximate surface area is 161 Å². The van der Waals surface area contributed by atoms with Gasteiger partial charge in [-0.3, -0.25) is 9.59 Å². The van der Waals surface area contributed by atoms with Crippen molar-refractivity contribution < 1.29 is 23.9 Å². The summed E-state index contributed by atoms with van der Waals surface area (Å²) in [5, 5.41) is 2.75. The van der Waals surface area contributed by atoms with Crippen LogP contribution in [0.25, 0.3) is 0 Å². The smallest absolute Gasteiger partial charge is 0.409 e. The molecule has 0 bridgehead atoms. The molecule has 0 spiro atoms. The monoisotopic (exact) mass is 426 g/mol. The van der Waals surface area contributed by atoms with E-state index in [0.29, 0.717) is 48.4 Å². The van der Waals surface area contributed by atoms with Crippen LogP contribution in [0.2, 0.25) is 0 Å². The van der Waals surface area contributed by atoms with Gasteiger partial charge in [0, 0.05) is 20.0 Å². The summed E-state index contributed by atoms with van der Waals surface area (Å²) in [6.45, 7) is 5.94. The molecule has 26 heavy (non-hydrogen) atoms. The van der Waals surface area contributed by atoms with Crippen molar-refractivity contribution in [2.45, 2.75) is 33.6 Å². The van der Waals surface area contributed by atoms with E-state index in [0.717, 1.165) is 11.1 Å². The number of ketones is 1. The maximum absolute atomic E-state index is 12.0. The van der Waals surface area contributed by atoms with Crippen LogP contribution in [0.5, 0.6) is 5.75 Å². The number of fused-ring (bicyclic) bond motifs is 1. The number of hydrogen-bond acceptors (Lipinski definition) is 5. The maximum Gasteiger partial charge on any atom is 0.409 e. The molecule has 1 aliphatic rings. The number of rotatable bonds is 5. The summed E-state index contributed by atoms with van der Waals surface area (Å²) in [6, 6.07) is 1.85. The first-order valence-electron chi connectivity index (χ1n) is 8.49. The molecule has 0 unspecified atom stereocenters. The molecule has 1 aromatic carbocycles. The Morgan fingerprint density at radius 3 is 2.54 bits per heavy atom. The van der Waals surface area contributed by atoms with Crippen LogP contribution in [0, 0.1) is 0 Å². The molecule has 142 valence electrons. The van der Waals surface area contributed by atoms with Crippen molar-refractivity contribution in [2.75, 3.05) is 31.6 Å². The zero-order valence-corrected chi connectivity index (χ0v) is 16.8. The first-order chi connectivity index (χ1) is 12.3. The Balaban J connectivity index is 2.35. The van der Waals surface area contributed by atoms with Gasteiger partial charge >= 0.3 is 6.09 Å². The molecule has 1 aromatic rings. The minimum absolute atomic E-state index is 0.0844. The molecule has 1 N–H and O–H groups in total. The lowest BCUT2D eigenvalue weighted by Crippen LogP contribution is -2.33. The SMILES string of the molecule is CCOC(=O)N1CCc2cc(NC(C)=O)c(OCC(C)=O)c(Br)c2CC1. The fourth-order valence-corrected chi connectivity index (χ4v) is 3.61. The minimum atomic E-state index is -0.327. The number of ether oxygens (including phenoxy) is 2. The lowest BCUT2D eigenvalue weighted by Gasteiger charge is -2.19. The minimum Gasteiger partial charge on any atom is -0.482 e. The molecule has 7 nitrogen and oxygen atoms in total. The maximum atomic E-state index is 12.0. The molecule has 8 heteroatoms. The second-order valence-corrected chi connectivity index (χ2v) is 6.86. The average molecular weight is 427 g/mol. The number of hydrogen-bond donors (Lipinski definition) is 1. The number of carbonyl (C=O) groups excluding carboxylic acids is 3. The number of benzene rings is 1. The summed E-state index contributed by atoms with van der Waals surface area (Å²) in [4.78, 5) is 36.5. The van der Waals surface area contributed by atoms with Crippen LogP contribution in [0.4, 0.5) is 10.5 Å². The van der Waals surface area contributed by atoms with Gasteiger partial charge in [0.2, 0.25) is 5.91 Å². The van der Waals surface area contributed by atoms with Crippen LogP contribution >= 0.6 is 15.9 Å². The van der Waals surface area contributed by atoms with Crippen LogP contribution in [0.3, 0.4) is 0 Å². The molecule has 0 aromatic heterocycles. The summed E-state index contributed by atoms with van der Waals surface area (Å²) >= 11 is 3.56. The molecule has 0 saturated heterocycles. The predicted octanol–water partition coefficient (Wildman–Crippen LogP) is 2.93. The van der Waals surface area contributed by atoms with Gasteiger partial charge in [-0.05, 0) is 59.8 Å². The van der Waals surface area contributed by atoms with Crippen molar-refractivity contribution in [2.24, 2.45) is 0 Å². The zero-order chi connectivity index (χ0) is 19.3. The van der Waals surface area contributed by atoms with E-state index in [9.17, 15) is 14.4 Å². The summed E-state index contributed by atoms with van der Waals surface area (Å²) in [6.07, 6.45) is 0.921. The van der Waals surface area contributed by atoms with Crippen LogP contribution in [-0.2, 0) is 27.2 Å². The van der Waals surface area contributed by atoms with Gasteiger partial charge in [0.05, 0.1) is 16.8 Å². The van der Waals surface area contributed by atoms with E-state index >= 15 is 0 Å². The molecule has 2 amide bonds. The normalized spacial score (nSPS) is 13.5. The molecule has 2 rings (SSSR count). The van der Waals surface area contributed by atoms with E-state index in [-0.39, 0.29) is 24.4 Å². The Hall–Kier alpha value is -2.09. The Morgan fingerprint density at radius 1 is 1.23 bits per heavy atom. The van der Waals surface area contributed by atoms with Gasteiger partial charge in [-0.25, -0.2) is 4.79 Å². The van der Waals surface area contributed by atoms with Crippen LogP contribution in [-0.4, -0.2) is 49.0 Å². The van der Waals surface area contributed by atoms with Gasteiger partial charge in [0.25, 0.3) is 0 Å². The van der Waals surface area contributed by atoms with E-state index in [1.54, 1.807) is 11.8 Å². The van der Waals surface area contributed by atoms with E-state index < -0.39 is 0 Å². The van der Waals surface area contributed by atoms with E-state index in [1.165, 1.54) is 13.8 Å². The summed E-state index contributed by atoms with van der Waals surface area (Å²) in [5.74, 6) is 0.0825. The van der Waals surface area contributed by atoms with Crippen LogP contribution in [0.15, 0.2) is 10.5 Å². The lowest BCUT2D eigenvalue weighted by molar-refractivity contribution is -0.118. The van der Waals surface area contributed by atoms with Crippen molar-refractivity contribution in [3.05, 3.63) is 21.7 Å². The quantitative estimate of drug-likeness (QED) is 0.781. The van der Waals surface area contributed by atoms with E-state index in [4.69, 9.17) is 9.47 Å².